The van der Waals surface area contributed by atoms with Crippen LogP contribution in [-0.4, -0.2) is 25.7 Å². The fraction of sp³-hybridized carbons (Fsp3) is 0.111. The van der Waals surface area contributed by atoms with E-state index < -0.39 is 5.97 Å². The van der Waals surface area contributed by atoms with Gasteiger partial charge >= 0.3 is 5.97 Å². The number of benzene rings is 2. The van der Waals surface area contributed by atoms with Gasteiger partial charge in [0.2, 0.25) is 6.79 Å². The third kappa shape index (κ3) is 3.23. The van der Waals surface area contributed by atoms with E-state index in [-0.39, 0.29) is 12.6 Å². The van der Waals surface area contributed by atoms with Crippen LogP contribution < -0.4 is 9.47 Å². The van der Waals surface area contributed by atoms with Gasteiger partial charge < -0.3 is 14.2 Å². The van der Waals surface area contributed by atoms with Gasteiger partial charge in [0.1, 0.15) is 0 Å². The summed E-state index contributed by atoms with van der Waals surface area (Å²) < 4.78 is 15.1. The number of rotatable bonds is 4. The minimum absolute atomic E-state index is 0.139. The molecule has 0 saturated carbocycles. The summed E-state index contributed by atoms with van der Waals surface area (Å²) in [7, 11) is 1.33. The fourth-order valence-corrected chi connectivity index (χ4v) is 2.17. The predicted molar refractivity (Wildman–Crippen MR) is 83.7 cm³/mol. The molecule has 0 aliphatic carbocycles. The molecule has 0 radical (unpaired) electrons. The van der Waals surface area contributed by atoms with E-state index in [9.17, 15) is 9.59 Å². The highest BCUT2D eigenvalue weighted by molar-refractivity contribution is 6.07. The Morgan fingerprint density at radius 1 is 1.00 bits per heavy atom. The lowest BCUT2D eigenvalue weighted by molar-refractivity contribution is 0.0600. The van der Waals surface area contributed by atoms with Gasteiger partial charge in [-0.15, -0.1) is 0 Å². The SMILES string of the molecule is COC(=O)c1ccc(C=CC(=O)c2ccc3c(c2)OCO3)cc1. The summed E-state index contributed by atoms with van der Waals surface area (Å²) in [5.41, 5.74) is 1.80. The number of esters is 1. The molecule has 1 heterocycles. The number of fused-ring (bicyclic) bond motifs is 1. The van der Waals surface area contributed by atoms with E-state index in [4.69, 9.17) is 9.47 Å². The van der Waals surface area contributed by atoms with Crippen LogP contribution in [0, 0.1) is 0 Å². The molecule has 5 nitrogen and oxygen atoms in total. The monoisotopic (exact) mass is 310 g/mol. The number of hydrogen-bond donors (Lipinski definition) is 0. The highest BCUT2D eigenvalue weighted by Crippen LogP contribution is 2.32. The number of carbonyl (C=O) groups is 2. The van der Waals surface area contributed by atoms with Crippen LogP contribution in [0.15, 0.2) is 48.5 Å². The third-order valence-electron chi connectivity index (χ3n) is 3.42. The van der Waals surface area contributed by atoms with Gasteiger partial charge in [-0.05, 0) is 42.0 Å². The Balaban J connectivity index is 1.72. The molecule has 0 atom stereocenters. The number of methoxy groups -OCH3 is 1. The molecule has 0 bridgehead atoms. The molecule has 0 unspecified atom stereocenters. The first-order chi connectivity index (χ1) is 11.2. The maximum Gasteiger partial charge on any atom is 0.337 e. The van der Waals surface area contributed by atoms with Crippen molar-refractivity contribution in [3.63, 3.8) is 0 Å². The molecule has 116 valence electrons. The summed E-state index contributed by atoms with van der Waals surface area (Å²) in [6.45, 7) is 0.176. The molecule has 5 heteroatoms. The van der Waals surface area contributed by atoms with E-state index >= 15 is 0 Å². The van der Waals surface area contributed by atoms with Gasteiger partial charge in [0, 0.05) is 5.56 Å². The number of ketones is 1. The maximum absolute atomic E-state index is 12.2. The van der Waals surface area contributed by atoms with Crippen molar-refractivity contribution in [1.82, 2.24) is 0 Å². The van der Waals surface area contributed by atoms with Crippen LogP contribution in [0.3, 0.4) is 0 Å². The minimum atomic E-state index is -0.392. The summed E-state index contributed by atoms with van der Waals surface area (Å²) in [5.74, 6) is 0.688. The zero-order valence-electron chi connectivity index (χ0n) is 12.4. The summed E-state index contributed by atoms with van der Waals surface area (Å²) in [5, 5.41) is 0. The first kappa shape index (κ1) is 14.8. The van der Waals surface area contributed by atoms with E-state index in [1.54, 1.807) is 48.5 Å². The molecule has 23 heavy (non-hydrogen) atoms. The highest BCUT2D eigenvalue weighted by Gasteiger charge is 2.15. The number of allylic oxidation sites excluding steroid dienone is 1. The van der Waals surface area contributed by atoms with Crippen LogP contribution in [0.5, 0.6) is 11.5 Å². The largest absolute Gasteiger partial charge is 0.465 e. The average molecular weight is 310 g/mol. The number of ether oxygens (including phenoxy) is 3. The molecule has 0 amide bonds. The van der Waals surface area contributed by atoms with Crippen LogP contribution in [0.4, 0.5) is 0 Å². The van der Waals surface area contributed by atoms with Crippen LogP contribution >= 0.6 is 0 Å². The molecule has 0 N–H and O–H groups in total. The Hall–Kier alpha value is -3.08. The molecule has 1 aliphatic rings. The zero-order valence-corrected chi connectivity index (χ0v) is 12.4. The second kappa shape index (κ2) is 6.36. The number of carbonyl (C=O) groups excluding carboxylic acids is 2. The highest BCUT2D eigenvalue weighted by atomic mass is 16.7. The molecule has 3 rings (SSSR count). The molecule has 2 aromatic rings. The van der Waals surface area contributed by atoms with E-state index in [1.807, 2.05) is 0 Å². The van der Waals surface area contributed by atoms with Crippen LogP contribution in [0.1, 0.15) is 26.3 Å². The molecular weight excluding hydrogens is 296 g/mol. The van der Waals surface area contributed by atoms with Crippen LogP contribution in [0.2, 0.25) is 0 Å². The van der Waals surface area contributed by atoms with E-state index in [0.29, 0.717) is 22.6 Å². The number of hydrogen-bond acceptors (Lipinski definition) is 5. The lowest BCUT2D eigenvalue weighted by Crippen LogP contribution is -2.00. The quantitative estimate of drug-likeness (QED) is 0.493. The fourth-order valence-electron chi connectivity index (χ4n) is 2.17. The Bertz CT molecular complexity index is 774. The van der Waals surface area contributed by atoms with Crippen molar-refractivity contribution >= 4 is 17.8 Å². The van der Waals surface area contributed by atoms with Gasteiger partial charge in [-0.2, -0.15) is 0 Å². The van der Waals surface area contributed by atoms with Gasteiger partial charge in [0.05, 0.1) is 12.7 Å². The van der Waals surface area contributed by atoms with Crippen molar-refractivity contribution < 1.29 is 23.8 Å². The van der Waals surface area contributed by atoms with E-state index in [0.717, 1.165) is 5.56 Å². The molecule has 0 fully saturated rings. The van der Waals surface area contributed by atoms with Crippen LogP contribution in [-0.2, 0) is 4.74 Å². The second-order valence-electron chi connectivity index (χ2n) is 4.88. The molecule has 1 aliphatic heterocycles. The van der Waals surface area contributed by atoms with Crippen molar-refractivity contribution in [3.05, 3.63) is 65.2 Å². The van der Waals surface area contributed by atoms with Gasteiger partial charge in [-0.25, -0.2) is 4.79 Å². The van der Waals surface area contributed by atoms with Gasteiger partial charge in [-0.3, -0.25) is 4.79 Å². The smallest absolute Gasteiger partial charge is 0.337 e. The molecule has 0 saturated heterocycles. The summed E-state index contributed by atoms with van der Waals surface area (Å²) in [4.78, 5) is 23.5. The first-order valence-corrected chi connectivity index (χ1v) is 6.98. The topological polar surface area (TPSA) is 61.8 Å². The zero-order chi connectivity index (χ0) is 16.2. The van der Waals surface area contributed by atoms with Crippen molar-refractivity contribution in [2.24, 2.45) is 0 Å². The first-order valence-electron chi connectivity index (χ1n) is 6.98. The Morgan fingerprint density at radius 2 is 1.70 bits per heavy atom. The molecule has 0 spiro atoms. The van der Waals surface area contributed by atoms with E-state index in [1.165, 1.54) is 13.2 Å². The van der Waals surface area contributed by atoms with Crippen molar-refractivity contribution in [1.29, 1.82) is 0 Å². The molecule has 0 aromatic heterocycles. The third-order valence-corrected chi connectivity index (χ3v) is 3.42. The normalized spacial score (nSPS) is 12.4. The Labute approximate surface area is 133 Å². The lowest BCUT2D eigenvalue weighted by Gasteiger charge is -2.00. The van der Waals surface area contributed by atoms with Gasteiger partial charge in [0.25, 0.3) is 0 Å². The lowest BCUT2D eigenvalue weighted by atomic mass is 10.1. The molecular formula is C18H14O5. The summed E-state index contributed by atoms with van der Waals surface area (Å²) in [6, 6.07) is 11.9. The predicted octanol–water partition coefficient (Wildman–Crippen LogP) is 3.10. The van der Waals surface area contributed by atoms with Crippen molar-refractivity contribution in [3.8, 4) is 11.5 Å². The van der Waals surface area contributed by atoms with Gasteiger partial charge in [0.15, 0.2) is 17.3 Å². The second-order valence-corrected chi connectivity index (χ2v) is 4.88. The van der Waals surface area contributed by atoms with E-state index in [2.05, 4.69) is 4.74 Å². The van der Waals surface area contributed by atoms with Crippen molar-refractivity contribution in [2.75, 3.05) is 13.9 Å². The average Bonchev–Trinajstić information content (AvgIpc) is 3.07. The summed E-state index contributed by atoms with van der Waals surface area (Å²) >= 11 is 0. The van der Waals surface area contributed by atoms with Crippen LogP contribution in [0.25, 0.3) is 6.08 Å². The Morgan fingerprint density at radius 3 is 2.43 bits per heavy atom. The maximum atomic E-state index is 12.2. The van der Waals surface area contributed by atoms with Gasteiger partial charge in [-0.1, -0.05) is 18.2 Å². The Kier molecular flexibility index (Phi) is 4.10. The van der Waals surface area contributed by atoms with Crippen molar-refractivity contribution in [2.45, 2.75) is 0 Å². The standard InChI is InChI=1S/C18H14O5/c1-21-18(20)13-5-2-12(3-6-13)4-8-15(19)14-7-9-16-17(10-14)23-11-22-16/h2-10H,11H2,1H3. The molecule has 2 aromatic carbocycles. The minimum Gasteiger partial charge on any atom is -0.465 e. The summed E-state index contributed by atoms with van der Waals surface area (Å²) in [6.07, 6.45) is 3.17.